The average molecular weight is 377 g/mol. The molecule has 1 unspecified atom stereocenters. The van der Waals surface area contributed by atoms with Gasteiger partial charge in [-0.05, 0) is 81.5 Å². The topological polar surface area (TPSA) is 32.3 Å². The molecule has 26 heavy (non-hydrogen) atoms. The smallest absolute Gasteiger partial charge is 0.222 e. The lowest BCUT2D eigenvalue weighted by Crippen LogP contribution is -2.50. The van der Waals surface area contributed by atoms with Gasteiger partial charge >= 0.3 is 0 Å². The fourth-order valence-electron chi connectivity index (χ4n) is 5.43. The molecule has 4 rings (SSSR count). The van der Waals surface area contributed by atoms with E-state index in [-0.39, 0.29) is 17.8 Å². The Morgan fingerprint density at radius 2 is 1.92 bits per heavy atom. The molecule has 1 aromatic carbocycles. The Morgan fingerprint density at radius 3 is 2.77 bits per heavy atom. The Hall–Kier alpha value is -1.06. The third-order valence-electron chi connectivity index (χ3n) is 6.84. The molecule has 144 valence electrons. The van der Waals surface area contributed by atoms with E-state index < -0.39 is 0 Å². The summed E-state index contributed by atoms with van der Waals surface area (Å²) in [6.45, 7) is 4.18. The van der Waals surface area contributed by atoms with Gasteiger partial charge in [-0.1, -0.05) is 24.3 Å². The van der Waals surface area contributed by atoms with Crippen molar-refractivity contribution in [1.29, 1.82) is 0 Å². The molecule has 3 nitrogen and oxygen atoms in total. The molecule has 1 spiro atoms. The van der Waals surface area contributed by atoms with Crippen molar-refractivity contribution >= 4 is 18.3 Å². The number of amides is 1. The van der Waals surface area contributed by atoms with E-state index in [1.54, 1.807) is 0 Å². The first-order valence-corrected chi connectivity index (χ1v) is 10.3. The molecule has 1 aromatic rings. The number of nitrogens with one attached hydrogen (secondary N) is 1. The van der Waals surface area contributed by atoms with Crippen LogP contribution < -0.4 is 5.32 Å². The van der Waals surface area contributed by atoms with Crippen LogP contribution in [0.1, 0.15) is 62.5 Å². The zero-order valence-corrected chi connectivity index (χ0v) is 16.7. The first-order chi connectivity index (χ1) is 12.3. The van der Waals surface area contributed by atoms with Crippen LogP contribution in [0.25, 0.3) is 0 Å². The van der Waals surface area contributed by atoms with E-state index in [9.17, 15) is 4.79 Å². The number of hydrogen-bond acceptors (Lipinski definition) is 2. The van der Waals surface area contributed by atoms with E-state index in [1.165, 1.54) is 49.7 Å². The number of fused-ring (bicyclic) bond motifs is 2. The van der Waals surface area contributed by atoms with Crippen LogP contribution in [0.3, 0.4) is 0 Å². The van der Waals surface area contributed by atoms with Gasteiger partial charge < -0.3 is 10.2 Å². The molecule has 2 aliphatic heterocycles. The minimum atomic E-state index is 0. The third kappa shape index (κ3) is 4.09. The Labute approximate surface area is 164 Å². The highest BCUT2D eigenvalue weighted by atomic mass is 35.5. The van der Waals surface area contributed by atoms with Crippen LogP contribution in [0, 0.1) is 5.92 Å². The fraction of sp³-hybridized carbons (Fsp3) is 0.682. The lowest BCUT2D eigenvalue weighted by atomic mass is 9.66. The van der Waals surface area contributed by atoms with Crippen LogP contribution in [0.2, 0.25) is 0 Å². The summed E-state index contributed by atoms with van der Waals surface area (Å²) >= 11 is 0. The van der Waals surface area contributed by atoms with Crippen LogP contribution in [0.15, 0.2) is 24.3 Å². The number of carbonyl (C=O) groups excluding carboxylic acids is 1. The van der Waals surface area contributed by atoms with Gasteiger partial charge in [0.15, 0.2) is 0 Å². The number of piperidine rings is 2. The number of hydrogen-bond donors (Lipinski definition) is 1. The predicted molar refractivity (Wildman–Crippen MR) is 109 cm³/mol. The minimum Gasteiger partial charge on any atom is -0.342 e. The quantitative estimate of drug-likeness (QED) is 0.861. The van der Waals surface area contributed by atoms with Crippen molar-refractivity contribution in [2.75, 3.05) is 26.2 Å². The Balaban J connectivity index is 0.00000196. The lowest BCUT2D eigenvalue weighted by Gasteiger charge is -2.46. The largest absolute Gasteiger partial charge is 0.342 e. The average Bonchev–Trinajstić information content (AvgIpc) is 2.67. The highest BCUT2D eigenvalue weighted by Gasteiger charge is 2.41. The van der Waals surface area contributed by atoms with Crippen molar-refractivity contribution in [3.05, 3.63) is 35.4 Å². The zero-order valence-electron chi connectivity index (χ0n) is 15.8. The highest BCUT2D eigenvalue weighted by Crippen LogP contribution is 2.43. The Kier molecular flexibility index (Phi) is 6.63. The molecule has 2 saturated heterocycles. The first-order valence-electron chi connectivity index (χ1n) is 10.3. The van der Waals surface area contributed by atoms with Crippen molar-refractivity contribution < 1.29 is 4.79 Å². The summed E-state index contributed by atoms with van der Waals surface area (Å²) in [6.07, 6.45) is 10.5. The predicted octanol–water partition coefficient (Wildman–Crippen LogP) is 4.08. The number of rotatable bonds is 3. The second-order valence-electron chi connectivity index (χ2n) is 8.44. The molecule has 3 aliphatic rings. The normalized spacial score (nSPS) is 26.2. The third-order valence-corrected chi connectivity index (χ3v) is 6.84. The Morgan fingerprint density at radius 1 is 1.15 bits per heavy atom. The van der Waals surface area contributed by atoms with E-state index >= 15 is 0 Å². The summed E-state index contributed by atoms with van der Waals surface area (Å²) in [5.41, 5.74) is 3.30. The van der Waals surface area contributed by atoms with Crippen LogP contribution in [-0.4, -0.2) is 37.0 Å². The van der Waals surface area contributed by atoms with Crippen molar-refractivity contribution in [2.24, 2.45) is 5.92 Å². The van der Waals surface area contributed by atoms with Gasteiger partial charge in [-0.15, -0.1) is 12.4 Å². The molecular weight excluding hydrogens is 344 g/mol. The zero-order chi connectivity index (χ0) is 17.1. The van der Waals surface area contributed by atoms with Crippen LogP contribution in [0.5, 0.6) is 0 Å². The van der Waals surface area contributed by atoms with Crippen molar-refractivity contribution in [3.63, 3.8) is 0 Å². The van der Waals surface area contributed by atoms with Crippen LogP contribution in [0.4, 0.5) is 0 Å². The van der Waals surface area contributed by atoms with Crippen LogP contribution in [-0.2, 0) is 16.6 Å². The van der Waals surface area contributed by atoms with E-state index in [0.717, 1.165) is 51.4 Å². The van der Waals surface area contributed by atoms with Crippen molar-refractivity contribution in [3.8, 4) is 0 Å². The molecule has 0 radical (unpaired) electrons. The van der Waals surface area contributed by atoms with Crippen LogP contribution >= 0.6 is 12.4 Å². The summed E-state index contributed by atoms with van der Waals surface area (Å²) in [7, 11) is 0. The monoisotopic (exact) mass is 376 g/mol. The maximum absolute atomic E-state index is 12.9. The van der Waals surface area contributed by atoms with Gasteiger partial charge in [0.1, 0.15) is 0 Å². The van der Waals surface area contributed by atoms with Gasteiger partial charge in [0.25, 0.3) is 0 Å². The molecular formula is C22H33ClN2O. The molecule has 0 bridgehead atoms. The van der Waals surface area contributed by atoms with E-state index in [2.05, 4.69) is 34.5 Å². The summed E-state index contributed by atoms with van der Waals surface area (Å²) in [4.78, 5) is 15.1. The van der Waals surface area contributed by atoms with E-state index in [0.29, 0.717) is 5.91 Å². The molecule has 4 heteroatoms. The number of aryl methyl sites for hydroxylation is 1. The standard InChI is InChI=1S/C22H32N2O.ClH/c25-21(9-8-18-10-14-23-15-11-18)24-16-4-13-22(17-24)12-3-6-19-5-1-2-7-20(19)22;/h1-2,5,7,18,23H,3-4,6,8-17H2;1H. The minimum absolute atomic E-state index is 0. The molecule has 1 atom stereocenters. The van der Waals surface area contributed by atoms with Crippen molar-refractivity contribution in [1.82, 2.24) is 10.2 Å². The maximum atomic E-state index is 12.9. The number of halogens is 1. The summed E-state index contributed by atoms with van der Waals surface area (Å²) in [5, 5.41) is 3.42. The molecule has 1 amide bonds. The molecule has 0 saturated carbocycles. The van der Waals surface area contributed by atoms with E-state index in [4.69, 9.17) is 0 Å². The highest BCUT2D eigenvalue weighted by molar-refractivity contribution is 5.85. The van der Waals surface area contributed by atoms with Gasteiger partial charge in [0.2, 0.25) is 5.91 Å². The SMILES string of the molecule is Cl.O=C(CCC1CCNCC1)N1CCCC2(CCCc3ccccc32)C1. The first kappa shape index (κ1) is 19.7. The maximum Gasteiger partial charge on any atom is 0.222 e. The molecule has 1 N–H and O–H groups in total. The molecule has 1 aliphatic carbocycles. The second kappa shape index (κ2) is 8.75. The summed E-state index contributed by atoms with van der Waals surface area (Å²) in [6, 6.07) is 8.98. The lowest BCUT2D eigenvalue weighted by molar-refractivity contribution is -0.134. The van der Waals surface area contributed by atoms with Gasteiger partial charge in [-0.2, -0.15) is 0 Å². The Bertz CT molecular complexity index is 614. The van der Waals surface area contributed by atoms with E-state index in [1.807, 2.05) is 0 Å². The molecule has 2 fully saturated rings. The molecule has 0 aromatic heterocycles. The fourth-order valence-corrected chi connectivity index (χ4v) is 5.43. The van der Waals surface area contributed by atoms with Crippen molar-refractivity contribution in [2.45, 2.75) is 63.2 Å². The number of likely N-dealkylation sites (tertiary alicyclic amines) is 1. The second-order valence-corrected chi connectivity index (χ2v) is 8.44. The van der Waals surface area contributed by atoms with Gasteiger partial charge in [0, 0.05) is 24.9 Å². The number of benzene rings is 1. The van der Waals surface area contributed by atoms with Gasteiger partial charge in [0.05, 0.1) is 0 Å². The number of carbonyl (C=O) groups is 1. The van der Waals surface area contributed by atoms with Gasteiger partial charge in [-0.25, -0.2) is 0 Å². The summed E-state index contributed by atoms with van der Waals surface area (Å²) < 4.78 is 0. The summed E-state index contributed by atoms with van der Waals surface area (Å²) in [5.74, 6) is 1.15. The number of nitrogens with zero attached hydrogens (tertiary/aromatic N) is 1. The molecule has 2 heterocycles. The van der Waals surface area contributed by atoms with Gasteiger partial charge in [-0.3, -0.25) is 4.79 Å².